The van der Waals surface area contributed by atoms with E-state index in [1.165, 1.54) is 4.31 Å². The second-order valence-electron chi connectivity index (χ2n) is 7.86. The number of sulfonamides is 1. The lowest BCUT2D eigenvalue weighted by Gasteiger charge is -2.31. The van der Waals surface area contributed by atoms with Crippen LogP contribution in [0.15, 0.2) is 76.1 Å². The molecule has 0 aliphatic carbocycles. The van der Waals surface area contributed by atoms with Gasteiger partial charge in [-0.1, -0.05) is 53.2 Å². The number of carbonyl (C=O) groups excluding carboxylic acids is 2. The van der Waals surface area contributed by atoms with Crippen LogP contribution in [0.1, 0.15) is 26.7 Å². The maximum Gasteiger partial charge on any atom is 0.252 e. The van der Waals surface area contributed by atoms with Crippen LogP contribution in [-0.4, -0.2) is 36.6 Å². The largest absolute Gasteiger partial charge is 0.274 e. The van der Waals surface area contributed by atoms with E-state index in [1.807, 2.05) is 31.2 Å². The molecule has 4 rings (SSSR count). The molecule has 3 aromatic carbocycles. The molecule has 6 nitrogen and oxygen atoms in total. The number of nitrogens with zero attached hydrogens (tertiary/aromatic N) is 2. The molecule has 1 saturated heterocycles. The lowest BCUT2D eigenvalue weighted by Crippen LogP contribution is -2.49. The molecule has 0 bridgehead atoms. The molecule has 8 heteroatoms. The molecule has 1 fully saturated rings. The molecular weight excluding hydrogens is 492 g/mol. The fraction of sp³-hybridized carbons (Fsp3) is 0.250. The van der Waals surface area contributed by atoms with Crippen molar-refractivity contribution in [3.8, 4) is 0 Å². The van der Waals surface area contributed by atoms with Gasteiger partial charge in [-0.2, -0.15) is 4.31 Å². The monoisotopic (exact) mass is 514 g/mol. The van der Waals surface area contributed by atoms with E-state index >= 15 is 0 Å². The van der Waals surface area contributed by atoms with E-state index < -0.39 is 33.9 Å². The van der Waals surface area contributed by atoms with E-state index in [9.17, 15) is 18.0 Å². The van der Waals surface area contributed by atoms with Gasteiger partial charge in [0.15, 0.2) is 0 Å². The van der Waals surface area contributed by atoms with E-state index in [4.69, 9.17) is 0 Å². The van der Waals surface area contributed by atoms with Crippen LogP contribution in [0, 0.1) is 0 Å². The van der Waals surface area contributed by atoms with Crippen molar-refractivity contribution in [1.29, 1.82) is 0 Å². The van der Waals surface area contributed by atoms with E-state index in [2.05, 4.69) is 15.9 Å². The Morgan fingerprint density at radius 3 is 2.34 bits per heavy atom. The fourth-order valence-corrected chi connectivity index (χ4v) is 6.16. The molecule has 1 aliphatic heterocycles. The van der Waals surface area contributed by atoms with Crippen LogP contribution in [0.4, 0.5) is 5.69 Å². The van der Waals surface area contributed by atoms with Gasteiger partial charge in [-0.3, -0.25) is 9.59 Å². The summed E-state index contributed by atoms with van der Waals surface area (Å²) in [5.74, 6) is -0.939. The third-order valence-electron chi connectivity index (χ3n) is 5.84. The van der Waals surface area contributed by atoms with Gasteiger partial charge in [0.2, 0.25) is 15.9 Å². The summed E-state index contributed by atoms with van der Waals surface area (Å²) >= 11 is 3.34. The molecule has 0 aromatic heterocycles. The van der Waals surface area contributed by atoms with Gasteiger partial charge in [0.05, 0.1) is 17.0 Å². The van der Waals surface area contributed by atoms with Gasteiger partial charge in [-0.15, -0.1) is 0 Å². The van der Waals surface area contributed by atoms with E-state index in [1.54, 1.807) is 49.4 Å². The number of imide groups is 1. The Morgan fingerprint density at radius 2 is 1.69 bits per heavy atom. The van der Waals surface area contributed by atoms with Crippen LogP contribution in [-0.2, 0) is 19.6 Å². The topological polar surface area (TPSA) is 74.8 Å². The molecule has 2 atom stereocenters. The van der Waals surface area contributed by atoms with Gasteiger partial charge in [-0.25, -0.2) is 13.3 Å². The Labute approximate surface area is 196 Å². The van der Waals surface area contributed by atoms with Crippen molar-refractivity contribution < 1.29 is 18.0 Å². The zero-order valence-electron chi connectivity index (χ0n) is 17.7. The van der Waals surface area contributed by atoms with Gasteiger partial charge >= 0.3 is 0 Å². The summed E-state index contributed by atoms with van der Waals surface area (Å²) in [6, 6.07) is 17.7. The molecule has 166 valence electrons. The molecule has 1 heterocycles. The SMILES string of the molecule is CCC(C)N(C1CC(=O)N(c2ccc(Br)cc2)C1=O)S(=O)(=O)c1ccc2ccccc2c1. The Bertz CT molecular complexity index is 1290. The number of amides is 2. The fourth-order valence-electron chi connectivity index (χ4n) is 4.02. The van der Waals surface area contributed by atoms with Crippen molar-refractivity contribution in [1.82, 2.24) is 4.31 Å². The second-order valence-corrected chi connectivity index (χ2v) is 10.6. The smallest absolute Gasteiger partial charge is 0.252 e. The Kier molecular flexibility index (Phi) is 6.20. The number of hydrogen-bond donors (Lipinski definition) is 0. The minimum absolute atomic E-state index is 0.110. The first-order chi connectivity index (χ1) is 15.2. The number of anilines is 1. The average molecular weight is 515 g/mol. The lowest BCUT2D eigenvalue weighted by molar-refractivity contribution is -0.122. The van der Waals surface area contributed by atoms with E-state index in [0.717, 1.165) is 20.1 Å². The van der Waals surface area contributed by atoms with Gasteiger partial charge in [0, 0.05) is 10.5 Å². The predicted molar refractivity (Wildman–Crippen MR) is 128 cm³/mol. The van der Waals surface area contributed by atoms with Crippen LogP contribution in [0.3, 0.4) is 0 Å². The highest BCUT2D eigenvalue weighted by atomic mass is 79.9. The van der Waals surface area contributed by atoms with Crippen LogP contribution in [0.2, 0.25) is 0 Å². The molecule has 0 saturated carbocycles. The highest BCUT2D eigenvalue weighted by molar-refractivity contribution is 9.10. The van der Waals surface area contributed by atoms with E-state index in [0.29, 0.717) is 12.1 Å². The Morgan fingerprint density at radius 1 is 1.03 bits per heavy atom. The summed E-state index contributed by atoms with van der Waals surface area (Å²) in [6.07, 6.45) is 0.315. The minimum Gasteiger partial charge on any atom is -0.274 e. The number of halogens is 1. The number of hydrogen-bond acceptors (Lipinski definition) is 4. The van der Waals surface area contributed by atoms with Crippen molar-refractivity contribution in [2.24, 2.45) is 0 Å². The lowest BCUT2D eigenvalue weighted by atomic mass is 10.1. The van der Waals surface area contributed by atoms with Gasteiger partial charge in [0.1, 0.15) is 6.04 Å². The molecule has 32 heavy (non-hydrogen) atoms. The van der Waals surface area contributed by atoms with Crippen LogP contribution >= 0.6 is 15.9 Å². The van der Waals surface area contributed by atoms with Crippen molar-refractivity contribution in [2.45, 2.75) is 43.7 Å². The second kappa shape index (κ2) is 8.77. The van der Waals surface area contributed by atoms with Crippen LogP contribution in [0.5, 0.6) is 0 Å². The molecule has 1 aliphatic rings. The van der Waals surface area contributed by atoms with Gasteiger partial charge in [0.25, 0.3) is 5.91 Å². The molecule has 3 aromatic rings. The summed E-state index contributed by atoms with van der Waals surface area (Å²) in [5, 5.41) is 1.72. The van der Waals surface area contributed by atoms with Crippen LogP contribution in [0.25, 0.3) is 10.8 Å². The highest BCUT2D eigenvalue weighted by Gasteiger charge is 2.48. The molecule has 0 spiro atoms. The third kappa shape index (κ3) is 3.98. The Balaban J connectivity index is 1.75. The first-order valence-electron chi connectivity index (χ1n) is 10.4. The number of carbonyl (C=O) groups is 2. The minimum atomic E-state index is -4.03. The molecular formula is C24H23BrN2O4S. The molecule has 2 amide bonds. The normalized spacial score (nSPS) is 18.0. The van der Waals surface area contributed by atoms with Gasteiger partial charge in [-0.05, 0) is 60.5 Å². The standard InChI is InChI=1S/C24H23BrN2O4S/c1-3-16(2)27(32(30,31)21-13-8-17-6-4-5-7-18(17)14-21)22-15-23(28)26(24(22)29)20-11-9-19(25)10-12-20/h4-14,16,22H,3,15H2,1-2H3. The third-order valence-corrected chi connectivity index (χ3v) is 8.38. The number of fused-ring (bicyclic) bond motifs is 1. The molecule has 2 unspecified atom stereocenters. The van der Waals surface area contributed by atoms with Gasteiger partial charge < -0.3 is 0 Å². The quantitative estimate of drug-likeness (QED) is 0.446. The molecule has 0 N–H and O–H groups in total. The number of benzene rings is 3. The maximum atomic E-state index is 13.7. The summed E-state index contributed by atoms with van der Waals surface area (Å²) in [5.41, 5.74) is 0.429. The summed E-state index contributed by atoms with van der Waals surface area (Å²) < 4.78 is 29.5. The maximum absolute atomic E-state index is 13.7. The summed E-state index contributed by atoms with van der Waals surface area (Å²) in [6.45, 7) is 3.62. The van der Waals surface area contributed by atoms with Crippen molar-refractivity contribution in [2.75, 3.05) is 4.90 Å². The van der Waals surface area contributed by atoms with Crippen molar-refractivity contribution in [3.63, 3.8) is 0 Å². The first kappa shape index (κ1) is 22.6. The molecule has 0 radical (unpaired) electrons. The summed E-state index contributed by atoms with van der Waals surface area (Å²) in [4.78, 5) is 27.3. The number of rotatable bonds is 6. The predicted octanol–water partition coefficient (Wildman–Crippen LogP) is 4.72. The summed E-state index contributed by atoms with van der Waals surface area (Å²) in [7, 11) is -4.03. The zero-order valence-corrected chi connectivity index (χ0v) is 20.1. The highest BCUT2D eigenvalue weighted by Crippen LogP contribution is 2.32. The first-order valence-corrected chi connectivity index (χ1v) is 12.6. The van der Waals surface area contributed by atoms with E-state index in [-0.39, 0.29) is 11.3 Å². The van der Waals surface area contributed by atoms with Crippen molar-refractivity contribution >= 4 is 54.2 Å². The van der Waals surface area contributed by atoms with Crippen molar-refractivity contribution in [3.05, 3.63) is 71.2 Å². The zero-order chi connectivity index (χ0) is 23.0. The average Bonchev–Trinajstić information content (AvgIpc) is 3.07. The van der Waals surface area contributed by atoms with Crippen LogP contribution < -0.4 is 4.90 Å². The Hall–Kier alpha value is -2.55.